The lowest BCUT2D eigenvalue weighted by Crippen LogP contribution is -2.50. The third-order valence-electron chi connectivity index (χ3n) is 9.64. The van der Waals surface area contributed by atoms with Gasteiger partial charge in [-0.25, -0.2) is 27.9 Å². The standard InChI is InChI=1S/C37H45N7O5S.ClH/c1-22(2)17-29-32(16-15-28(39-29)31-20-38-21-33(40-31)44(5)26-12-8-13-26)49-34-19-30(35-23(3)9-6-10-24(35)4)41-37(42-34)43-50(47,48)27-14-7-11-25(18-27)36(45)46;/h6-7,9-11,14,18-22,26,28-29,32,39H,8,12-13,15-17H2,1-5H3,(H,45,46)(H,41,42,43);1H/t28?,29-,32+;/m1./s1. The first-order valence-electron chi connectivity index (χ1n) is 17.2. The molecule has 0 amide bonds. The highest BCUT2D eigenvalue weighted by Gasteiger charge is 2.34. The van der Waals surface area contributed by atoms with E-state index in [-0.39, 0.29) is 52.9 Å². The van der Waals surface area contributed by atoms with Crippen molar-refractivity contribution in [1.82, 2.24) is 25.3 Å². The van der Waals surface area contributed by atoms with Crippen molar-refractivity contribution < 1.29 is 23.1 Å². The summed E-state index contributed by atoms with van der Waals surface area (Å²) in [5.41, 5.74) is 4.03. The second-order valence-electron chi connectivity index (χ2n) is 13.8. The van der Waals surface area contributed by atoms with Gasteiger partial charge in [-0.15, -0.1) is 12.4 Å². The lowest BCUT2D eigenvalue weighted by atomic mass is 9.89. The third-order valence-corrected chi connectivity index (χ3v) is 11.0. The number of carboxylic acid groups (broad SMARTS) is 1. The highest BCUT2D eigenvalue weighted by atomic mass is 35.5. The van der Waals surface area contributed by atoms with Crippen molar-refractivity contribution in [3.05, 3.63) is 83.3 Å². The van der Waals surface area contributed by atoms with Crippen LogP contribution in [0.3, 0.4) is 0 Å². The van der Waals surface area contributed by atoms with Crippen LogP contribution in [0, 0.1) is 19.8 Å². The normalized spacial score (nSPS) is 19.1. The first-order valence-corrected chi connectivity index (χ1v) is 18.7. The molecule has 2 aliphatic rings. The second kappa shape index (κ2) is 15.9. The number of hydrogen-bond acceptors (Lipinski definition) is 10. The van der Waals surface area contributed by atoms with Crippen molar-refractivity contribution in [2.45, 2.75) is 95.3 Å². The molecular weight excluding hydrogens is 690 g/mol. The maximum Gasteiger partial charge on any atom is 0.335 e. The van der Waals surface area contributed by atoms with Crippen molar-refractivity contribution in [2.24, 2.45) is 5.92 Å². The van der Waals surface area contributed by atoms with Gasteiger partial charge in [0.25, 0.3) is 10.0 Å². The van der Waals surface area contributed by atoms with Gasteiger partial charge in [-0.1, -0.05) is 38.1 Å². The van der Waals surface area contributed by atoms with Crippen molar-refractivity contribution >= 4 is 40.2 Å². The topological polar surface area (TPSA) is 160 Å². The number of nitrogens with zero attached hydrogens (tertiary/aromatic N) is 5. The minimum absolute atomic E-state index is 0. The molecule has 3 atom stereocenters. The maximum absolute atomic E-state index is 13.5. The Morgan fingerprint density at radius 3 is 2.41 bits per heavy atom. The number of benzene rings is 2. The van der Waals surface area contributed by atoms with Gasteiger partial charge < -0.3 is 20.1 Å². The Balaban J connectivity index is 0.00000504. The highest BCUT2D eigenvalue weighted by molar-refractivity contribution is 7.92. The van der Waals surface area contributed by atoms with E-state index in [0.717, 1.165) is 47.1 Å². The summed E-state index contributed by atoms with van der Waals surface area (Å²) in [6.07, 6.45) is 9.32. The fourth-order valence-electron chi connectivity index (χ4n) is 6.76. The molecule has 272 valence electrons. The largest absolute Gasteiger partial charge is 0.478 e. The molecule has 4 aromatic rings. The smallest absolute Gasteiger partial charge is 0.335 e. The number of ether oxygens (including phenoxy) is 1. The lowest BCUT2D eigenvalue weighted by molar-refractivity contribution is 0.0696. The number of carbonyl (C=O) groups is 1. The van der Waals surface area contributed by atoms with Crippen molar-refractivity contribution in [1.29, 1.82) is 0 Å². The summed E-state index contributed by atoms with van der Waals surface area (Å²) < 4.78 is 36.1. The fraction of sp³-hybridized carbons (Fsp3) is 0.432. The van der Waals surface area contributed by atoms with Crippen LogP contribution in [0.4, 0.5) is 11.8 Å². The Hall–Kier alpha value is -4.33. The summed E-state index contributed by atoms with van der Waals surface area (Å²) in [5.74, 6) is 0.0886. The molecule has 51 heavy (non-hydrogen) atoms. The van der Waals surface area contributed by atoms with E-state index in [4.69, 9.17) is 9.72 Å². The number of aryl methyl sites for hydroxylation is 2. The molecule has 1 saturated heterocycles. The monoisotopic (exact) mass is 735 g/mol. The van der Waals surface area contributed by atoms with Gasteiger partial charge in [-0.3, -0.25) is 4.98 Å². The molecular formula is C37H46ClN7O5S. The van der Waals surface area contributed by atoms with Gasteiger partial charge in [0.15, 0.2) is 0 Å². The summed E-state index contributed by atoms with van der Waals surface area (Å²) in [6.45, 7) is 8.29. The van der Waals surface area contributed by atoms with E-state index < -0.39 is 16.0 Å². The first-order chi connectivity index (χ1) is 23.9. The Labute approximate surface area is 306 Å². The number of sulfonamides is 1. The zero-order chi connectivity index (χ0) is 35.6. The van der Waals surface area contributed by atoms with Crippen LogP contribution >= 0.6 is 12.4 Å². The molecule has 14 heteroatoms. The van der Waals surface area contributed by atoms with Gasteiger partial charge in [-0.2, -0.15) is 4.98 Å². The summed E-state index contributed by atoms with van der Waals surface area (Å²) in [7, 11) is -2.15. The van der Waals surface area contributed by atoms with Crippen LogP contribution in [-0.4, -0.2) is 64.7 Å². The van der Waals surface area contributed by atoms with E-state index >= 15 is 0 Å². The van der Waals surface area contributed by atoms with Crippen LogP contribution in [0.5, 0.6) is 5.88 Å². The number of rotatable bonds is 12. The minimum atomic E-state index is -4.24. The van der Waals surface area contributed by atoms with Crippen molar-refractivity contribution in [3.8, 4) is 17.1 Å². The molecule has 12 nitrogen and oxygen atoms in total. The molecule has 3 N–H and O–H groups in total. The number of anilines is 2. The molecule has 1 aliphatic carbocycles. The average Bonchev–Trinajstić information content (AvgIpc) is 3.04. The average molecular weight is 736 g/mol. The Morgan fingerprint density at radius 2 is 1.75 bits per heavy atom. The molecule has 1 aliphatic heterocycles. The third kappa shape index (κ3) is 8.77. The summed E-state index contributed by atoms with van der Waals surface area (Å²) in [5, 5.41) is 13.2. The molecule has 0 radical (unpaired) electrons. The van der Waals surface area contributed by atoms with Gasteiger partial charge >= 0.3 is 5.97 Å². The van der Waals surface area contributed by atoms with Crippen molar-refractivity contribution in [2.75, 3.05) is 16.7 Å². The quantitative estimate of drug-likeness (QED) is 0.141. The van der Waals surface area contributed by atoms with Crippen LogP contribution in [0.2, 0.25) is 0 Å². The molecule has 0 bridgehead atoms. The van der Waals surface area contributed by atoms with Gasteiger partial charge in [0.1, 0.15) is 11.9 Å². The Kier molecular flexibility index (Phi) is 11.8. The van der Waals surface area contributed by atoms with Gasteiger partial charge in [0, 0.05) is 30.8 Å². The SMILES string of the molecule is Cc1cccc(C)c1-c1cc(O[C@H]2CCC(c3cncc(N(C)C4CCC4)n3)N[C@@H]2CC(C)C)nc(NS(=O)(=O)c2cccc(C(=O)O)c2)n1.Cl. The van der Waals surface area contributed by atoms with Crippen LogP contribution in [-0.2, 0) is 10.0 Å². The predicted octanol–water partition coefficient (Wildman–Crippen LogP) is 6.75. The number of halogens is 1. The minimum Gasteiger partial charge on any atom is -0.478 e. The maximum atomic E-state index is 13.5. The van der Waals surface area contributed by atoms with Crippen LogP contribution < -0.4 is 19.7 Å². The summed E-state index contributed by atoms with van der Waals surface area (Å²) >= 11 is 0. The van der Waals surface area contributed by atoms with Gasteiger partial charge in [-0.05, 0) is 87.6 Å². The molecule has 2 fully saturated rings. The second-order valence-corrected chi connectivity index (χ2v) is 15.5. The molecule has 0 spiro atoms. The summed E-state index contributed by atoms with van der Waals surface area (Å²) in [4.78, 5) is 32.3. The van der Waals surface area contributed by atoms with E-state index in [9.17, 15) is 18.3 Å². The van der Waals surface area contributed by atoms with Crippen LogP contribution in [0.15, 0.2) is 65.8 Å². The number of piperidine rings is 1. The molecule has 1 saturated carbocycles. The number of aromatic nitrogens is 4. The zero-order valence-electron chi connectivity index (χ0n) is 29.5. The molecule has 1 unspecified atom stereocenters. The van der Waals surface area contributed by atoms with Crippen molar-refractivity contribution in [3.63, 3.8) is 0 Å². The van der Waals surface area contributed by atoms with E-state index in [2.05, 4.69) is 50.8 Å². The molecule has 6 rings (SSSR count). The fourth-order valence-corrected chi connectivity index (χ4v) is 7.75. The van der Waals surface area contributed by atoms with E-state index in [0.29, 0.717) is 24.1 Å². The molecule has 2 aromatic heterocycles. The van der Waals surface area contributed by atoms with E-state index in [1.807, 2.05) is 44.4 Å². The Bertz CT molecular complexity index is 1950. The predicted molar refractivity (Wildman–Crippen MR) is 199 cm³/mol. The Morgan fingerprint density at radius 1 is 1.02 bits per heavy atom. The number of hydrogen-bond donors (Lipinski definition) is 3. The van der Waals surface area contributed by atoms with E-state index in [1.54, 1.807) is 6.07 Å². The summed E-state index contributed by atoms with van der Waals surface area (Å²) in [6, 6.07) is 13.3. The van der Waals surface area contributed by atoms with Crippen LogP contribution in [0.25, 0.3) is 11.3 Å². The van der Waals surface area contributed by atoms with Crippen LogP contribution in [0.1, 0.15) is 85.6 Å². The molecule has 2 aromatic carbocycles. The highest BCUT2D eigenvalue weighted by Crippen LogP contribution is 2.34. The number of nitrogens with one attached hydrogen (secondary N) is 2. The zero-order valence-corrected chi connectivity index (χ0v) is 31.2. The van der Waals surface area contributed by atoms with E-state index in [1.165, 1.54) is 37.5 Å². The van der Waals surface area contributed by atoms with Gasteiger partial charge in [0.2, 0.25) is 11.8 Å². The number of aromatic carboxylic acids is 1. The number of carboxylic acids is 1. The van der Waals surface area contributed by atoms with Gasteiger partial charge in [0.05, 0.1) is 40.3 Å². The lowest BCUT2D eigenvalue weighted by Gasteiger charge is -2.38. The first kappa shape index (κ1) is 37.9. The molecule has 3 heterocycles.